The van der Waals surface area contributed by atoms with E-state index in [4.69, 9.17) is 0 Å². The molecular formula is C53H103NO4. The smallest absolute Gasteiger partial charge is 0.249 e. The summed E-state index contributed by atoms with van der Waals surface area (Å²) in [5, 5.41) is 33.2. The lowest BCUT2D eigenvalue weighted by atomic mass is 10.0. The van der Waals surface area contributed by atoms with Crippen molar-refractivity contribution in [1.29, 1.82) is 0 Å². The van der Waals surface area contributed by atoms with Gasteiger partial charge in [0.25, 0.3) is 0 Å². The monoisotopic (exact) mass is 818 g/mol. The molecule has 0 aromatic rings. The Morgan fingerprint density at radius 1 is 0.414 bits per heavy atom. The van der Waals surface area contributed by atoms with Gasteiger partial charge in [0, 0.05) is 0 Å². The molecule has 3 atom stereocenters. The van der Waals surface area contributed by atoms with Gasteiger partial charge in [-0.2, -0.15) is 0 Å². The fourth-order valence-corrected chi connectivity index (χ4v) is 8.18. The average Bonchev–Trinajstić information content (AvgIpc) is 3.23. The Kier molecular flexibility index (Phi) is 47.5. The van der Waals surface area contributed by atoms with Gasteiger partial charge in [0.1, 0.15) is 6.10 Å². The van der Waals surface area contributed by atoms with Crippen LogP contribution in [-0.2, 0) is 4.79 Å². The van der Waals surface area contributed by atoms with Gasteiger partial charge in [0.05, 0.1) is 18.8 Å². The summed E-state index contributed by atoms with van der Waals surface area (Å²) < 4.78 is 0. The number of unbranched alkanes of at least 4 members (excludes halogenated alkanes) is 38. The van der Waals surface area contributed by atoms with Crippen molar-refractivity contribution in [2.45, 2.75) is 302 Å². The number of hydrogen-bond acceptors (Lipinski definition) is 4. The van der Waals surface area contributed by atoms with Crippen LogP contribution in [0.2, 0.25) is 0 Å². The predicted molar refractivity (Wildman–Crippen MR) is 255 cm³/mol. The second-order valence-corrected chi connectivity index (χ2v) is 18.1. The fraction of sp³-hybridized carbons (Fsp3) is 0.906. The second-order valence-electron chi connectivity index (χ2n) is 18.1. The van der Waals surface area contributed by atoms with Crippen molar-refractivity contribution in [3.63, 3.8) is 0 Å². The first-order valence-corrected chi connectivity index (χ1v) is 26.2. The minimum absolute atomic E-state index is 0.361. The zero-order chi connectivity index (χ0) is 42.3. The molecule has 0 rings (SSSR count). The quantitative estimate of drug-likeness (QED) is 0.0364. The first-order valence-electron chi connectivity index (χ1n) is 26.2. The topological polar surface area (TPSA) is 89.8 Å². The van der Waals surface area contributed by atoms with Crippen molar-refractivity contribution in [1.82, 2.24) is 5.32 Å². The third-order valence-corrected chi connectivity index (χ3v) is 12.3. The Morgan fingerprint density at radius 2 is 0.690 bits per heavy atom. The van der Waals surface area contributed by atoms with Crippen molar-refractivity contribution < 1.29 is 20.1 Å². The van der Waals surface area contributed by atoms with Gasteiger partial charge in [0.15, 0.2) is 0 Å². The molecule has 5 nitrogen and oxygen atoms in total. The highest BCUT2D eigenvalue weighted by Gasteiger charge is 2.22. The third-order valence-electron chi connectivity index (χ3n) is 12.3. The van der Waals surface area contributed by atoms with Gasteiger partial charge in [-0.15, -0.1) is 0 Å². The number of carbonyl (C=O) groups is 1. The van der Waals surface area contributed by atoms with Gasteiger partial charge < -0.3 is 20.6 Å². The molecule has 0 aromatic carbocycles. The third kappa shape index (κ3) is 42.9. The number of hydrogen-bond donors (Lipinski definition) is 4. The lowest BCUT2D eigenvalue weighted by molar-refractivity contribution is -0.131. The first kappa shape index (κ1) is 56.8. The summed E-state index contributed by atoms with van der Waals surface area (Å²) in [6, 6.07) is -0.795. The van der Waals surface area contributed by atoms with Crippen LogP contribution >= 0.6 is 0 Å². The van der Waals surface area contributed by atoms with E-state index >= 15 is 0 Å². The van der Waals surface area contributed by atoms with Crippen LogP contribution in [0.5, 0.6) is 0 Å². The van der Waals surface area contributed by atoms with E-state index in [1.165, 1.54) is 231 Å². The SMILES string of the molecule is CCCCCCCCCCCCC/C=C/C(O)C(CO)NC(=O)C(O)CCCCCCCCCCCCCCCCC/C=C\CCCCCCCCCCCCCC. The highest BCUT2D eigenvalue weighted by atomic mass is 16.3. The predicted octanol–water partition coefficient (Wildman–Crippen LogP) is 15.7. The Bertz CT molecular complexity index is 859. The molecule has 3 unspecified atom stereocenters. The van der Waals surface area contributed by atoms with E-state index in [9.17, 15) is 20.1 Å². The molecule has 0 radical (unpaired) electrons. The maximum atomic E-state index is 12.5. The summed E-state index contributed by atoms with van der Waals surface area (Å²) in [6.45, 7) is 4.20. The lowest BCUT2D eigenvalue weighted by Gasteiger charge is -2.21. The number of aliphatic hydroxyl groups excluding tert-OH is 3. The molecular weight excluding hydrogens is 715 g/mol. The summed E-state index contributed by atoms with van der Waals surface area (Å²) in [6.07, 6.45) is 61.1. The van der Waals surface area contributed by atoms with E-state index in [1.54, 1.807) is 6.08 Å². The molecule has 0 aliphatic carbocycles. The van der Waals surface area contributed by atoms with Crippen molar-refractivity contribution >= 4 is 5.91 Å². The molecule has 0 fully saturated rings. The molecule has 0 aliphatic heterocycles. The number of allylic oxidation sites excluding steroid dienone is 3. The normalized spacial score (nSPS) is 13.5. The second kappa shape index (κ2) is 48.5. The molecule has 0 spiro atoms. The molecule has 58 heavy (non-hydrogen) atoms. The Hall–Kier alpha value is -1.17. The standard InChI is InChI=1S/C53H103NO4/c1-3-5-7-9-11-13-15-17-18-19-20-21-22-23-24-25-26-27-28-29-30-31-32-33-34-36-38-40-42-44-46-48-52(57)53(58)54-50(49-55)51(56)47-45-43-41-39-37-35-16-14-12-10-8-6-4-2/h23-24,45,47,50-52,55-57H,3-22,25-44,46,48-49H2,1-2H3,(H,54,58)/b24-23-,47-45+. The Labute approximate surface area is 362 Å². The molecule has 0 bridgehead atoms. The van der Waals surface area contributed by atoms with E-state index in [-0.39, 0.29) is 6.61 Å². The van der Waals surface area contributed by atoms with E-state index in [1.807, 2.05) is 6.08 Å². The zero-order valence-corrected chi connectivity index (χ0v) is 39.2. The van der Waals surface area contributed by atoms with Gasteiger partial charge in [-0.3, -0.25) is 4.79 Å². The van der Waals surface area contributed by atoms with Crippen molar-refractivity contribution in [3.05, 3.63) is 24.3 Å². The maximum Gasteiger partial charge on any atom is 0.249 e. The fourth-order valence-electron chi connectivity index (χ4n) is 8.18. The van der Waals surface area contributed by atoms with Gasteiger partial charge in [0.2, 0.25) is 5.91 Å². The molecule has 0 aromatic heterocycles. The van der Waals surface area contributed by atoms with Crippen LogP contribution in [0.4, 0.5) is 0 Å². The molecule has 0 aliphatic rings. The van der Waals surface area contributed by atoms with Crippen LogP contribution < -0.4 is 5.32 Å². The van der Waals surface area contributed by atoms with Crippen LogP contribution in [0.3, 0.4) is 0 Å². The van der Waals surface area contributed by atoms with E-state index in [2.05, 4.69) is 31.3 Å². The Balaban J connectivity index is 3.51. The van der Waals surface area contributed by atoms with Gasteiger partial charge in [-0.25, -0.2) is 0 Å². The number of nitrogens with one attached hydrogen (secondary N) is 1. The molecule has 4 N–H and O–H groups in total. The zero-order valence-electron chi connectivity index (χ0n) is 39.2. The van der Waals surface area contributed by atoms with Crippen molar-refractivity contribution in [3.8, 4) is 0 Å². The van der Waals surface area contributed by atoms with E-state index < -0.39 is 24.2 Å². The van der Waals surface area contributed by atoms with Gasteiger partial charge >= 0.3 is 0 Å². The number of rotatable bonds is 48. The molecule has 0 heterocycles. The van der Waals surface area contributed by atoms with Crippen LogP contribution in [0.1, 0.15) is 284 Å². The van der Waals surface area contributed by atoms with Gasteiger partial charge in [-0.1, -0.05) is 263 Å². The lowest BCUT2D eigenvalue weighted by Crippen LogP contribution is -2.48. The summed E-state index contributed by atoms with van der Waals surface area (Å²) >= 11 is 0. The van der Waals surface area contributed by atoms with Crippen LogP contribution in [0, 0.1) is 0 Å². The minimum Gasteiger partial charge on any atom is -0.394 e. The van der Waals surface area contributed by atoms with Crippen LogP contribution in [0.15, 0.2) is 24.3 Å². The minimum atomic E-state index is -1.10. The van der Waals surface area contributed by atoms with Crippen LogP contribution in [0.25, 0.3) is 0 Å². The van der Waals surface area contributed by atoms with Crippen molar-refractivity contribution in [2.75, 3.05) is 6.61 Å². The Morgan fingerprint density at radius 3 is 1.00 bits per heavy atom. The van der Waals surface area contributed by atoms with E-state index in [0.29, 0.717) is 6.42 Å². The van der Waals surface area contributed by atoms with Crippen LogP contribution in [-0.4, -0.2) is 46.1 Å². The summed E-state index contributed by atoms with van der Waals surface area (Å²) in [5.41, 5.74) is 0. The molecule has 0 saturated carbocycles. The van der Waals surface area contributed by atoms with E-state index in [0.717, 1.165) is 32.1 Å². The number of amides is 1. The molecule has 1 amide bonds. The molecule has 0 saturated heterocycles. The maximum absolute atomic E-state index is 12.5. The first-order chi connectivity index (χ1) is 28.6. The highest BCUT2D eigenvalue weighted by molar-refractivity contribution is 5.80. The average molecular weight is 818 g/mol. The molecule has 5 heteroatoms. The highest BCUT2D eigenvalue weighted by Crippen LogP contribution is 2.17. The summed E-state index contributed by atoms with van der Waals surface area (Å²) in [4.78, 5) is 12.5. The van der Waals surface area contributed by atoms with Gasteiger partial charge in [-0.05, 0) is 44.9 Å². The summed E-state index contributed by atoms with van der Waals surface area (Å²) in [7, 11) is 0. The summed E-state index contributed by atoms with van der Waals surface area (Å²) in [5.74, 6) is -0.500. The number of carbonyl (C=O) groups excluding carboxylic acids is 1. The largest absolute Gasteiger partial charge is 0.394 e. The molecule has 344 valence electrons. The number of aliphatic hydroxyl groups is 3. The van der Waals surface area contributed by atoms with Crippen molar-refractivity contribution in [2.24, 2.45) is 0 Å².